The van der Waals surface area contributed by atoms with Crippen molar-refractivity contribution in [3.8, 4) is 0 Å². The van der Waals surface area contributed by atoms with Gasteiger partial charge in [-0.2, -0.15) is 0 Å². The second kappa shape index (κ2) is 6.17. The van der Waals surface area contributed by atoms with Crippen LogP contribution in [0.4, 0.5) is 5.69 Å². The van der Waals surface area contributed by atoms with Gasteiger partial charge in [0.1, 0.15) is 0 Å². The summed E-state index contributed by atoms with van der Waals surface area (Å²) in [6.07, 6.45) is 6.99. The lowest BCUT2D eigenvalue weighted by molar-refractivity contribution is -0.114. The SMILES string of the molecule is O=C1C(=O)N(CN2CCCC[C@H]2c2cccnc2)c2ccccc21. The molecular weight excluding hydrogens is 302 g/mol. The zero-order valence-electron chi connectivity index (χ0n) is 13.4. The molecule has 1 aromatic heterocycles. The highest BCUT2D eigenvalue weighted by molar-refractivity contribution is 6.52. The number of Topliss-reactive ketones (excluding diaryl/α,β-unsaturated/α-hetero) is 1. The van der Waals surface area contributed by atoms with E-state index in [4.69, 9.17) is 0 Å². The number of carbonyl (C=O) groups is 2. The van der Waals surface area contributed by atoms with Gasteiger partial charge in [0.15, 0.2) is 0 Å². The molecule has 2 aliphatic heterocycles. The van der Waals surface area contributed by atoms with Crippen LogP contribution in [0, 0.1) is 0 Å². The number of fused-ring (bicyclic) bond motifs is 1. The number of hydrogen-bond donors (Lipinski definition) is 0. The van der Waals surface area contributed by atoms with Crippen LogP contribution in [-0.2, 0) is 4.79 Å². The Labute approximate surface area is 140 Å². The second-order valence-corrected chi connectivity index (χ2v) is 6.33. The number of likely N-dealkylation sites (tertiary alicyclic amines) is 1. The Kier molecular flexibility index (Phi) is 3.86. The van der Waals surface area contributed by atoms with Crippen LogP contribution >= 0.6 is 0 Å². The number of amides is 1. The van der Waals surface area contributed by atoms with Gasteiger partial charge in [0, 0.05) is 25.0 Å². The first-order valence-electron chi connectivity index (χ1n) is 8.35. The molecule has 122 valence electrons. The first kappa shape index (κ1) is 15.0. The van der Waals surface area contributed by atoms with Crippen molar-refractivity contribution < 1.29 is 9.59 Å². The molecule has 0 bridgehead atoms. The third-order valence-electron chi connectivity index (χ3n) is 4.88. The van der Waals surface area contributed by atoms with Gasteiger partial charge in [-0.15, -0.1) is 0 Å². The molecule has 24 heavy (non-hydrogen) atoms. The number of nitrogens with zero attached hydrogens (tertiary/aromatic N) is 3. The van der Waals surface area contributed by atoms with E-state index in [9.17, 15) is 9.59 Å². The van der Waals surface area contributed by atoms with E-state index in [0.29, 0.717) is 12.2 Å². The standard InChI is InChI=1S/C19H19N3O2/c23-18-15-7-1-2-9-17(15)22(19(18)24)13-21-11-4-3-8-16(21)14-6-5-10-20-12-14/h1-2,5-7,9-10,12,16H,3-4,8,11,13H2/t16-/m0/s1. The number of para-hydroxylation sites is 1. The highest BCUT2D eigenvalue weighted by atomic mass is 16.2. The van der Waals surface area contributed by atoms with Crippen molar-refractivity contribution in [1.29, 1.82) is 0 Å². The van der Waals surface area contributed by atoms with Gasteiger partial charge in [-0.25, -0.2) is 0 Å². The fourth-order valence-corrected chi connectivity index (χ4v) is 3.68. The molecule has 0 saturated carbocycles. The van der Waals surface area contributed by atoms with Crippen LogP contribution < -0.4 is 4.90 Å². The lowest BCUT2D eigenvalue weighted by atomic mass is 9.97. The van der Waals surface area contributed by atoms with Gasteiger partial charge >= 0.3 is 5.91 Å². The van der Waals surface area contributed by atoms with Gasteiger partial charge in [-0.1, -0.05) is 24.6 Å². The predicted molar refractivity (Wildman–Crippen MR) is 90.7 cm³/mol. The second-order valence-electron chi connectivity index (χ2n) is 6.33. The lowest BCUT2D eigenvalue weighted by Crippen LogP contribution is -2.44. The van der Waals surface area contributed by atoms with Crippen LogP contribution in [0.5, 0.6) is 0 Å². The molecule has 1 aromatic carbocycles. The molecule has 2 aliphatic rings. The topological polar surface area (TPSA) is 53.5 Å². The highest BCUT2D eigenvalue weighted by Crippen LogP contribution is 2.34. The summed E-state index contributed by atoms with van der Waals surface area (Å²) in [5.41, 5.74) is 2.41. The van der Waals surface area contributed by atoms with Gasteiger partial charge in [0.2, 0.25) is 0 Å². The van der Waals surface area contributed by atoms with Gasteiger partial charge in [0.05, 0.1) is 17.9 Å². The van der Waals surface area contributed by atoms with Crippen molar-refractivity contribution in [2.75, 3.05) is 18.1 Å². The molecule has 1 saturated heterocycles. The molecule has 0 spiro atoms. The Bertz CT molecular complexity index is 775. The van der Waals surface area contributed by atoms with E-state index < -0.39 is 11.7 Å². The maximum absolute atomic E-state index is 12.4. The maximum atomic E-state index is 12.4. The molecule has 5 heteroatoms. The van der Waals surface area contributed by atoms with E-state index in [1.165, 1.54) is 12.0 Å². The van der Waals surface area contributed by atoms with Crippen molar-refractivity contribution in [2.45, 2.75) is 25.3 Å². The van der Waals surface area contributed by atoms with E-state index in [1.54, 1.807) is 23.2 Å². The summed E-state index contributed by atoms with van der Waals surface area (Å²) in [5, 5.41) is 0. The number of piperidine rings is 1. The van der Waals surface area contributed by atoms with Crippen molar-refractivity contribution in [1.82, 2.24) is 9.88 Å². The minimum Gasteiger partial charge on any atom is -0.291 e. The van der Waals surface area contributed by atoms with Crippen molar-refractivity contribution in [2.24, 2.45) is 0 Å². The number of benzene rings is 1. The average Bonchev–Trinajstić information content (AvgIpc) is 2.88. The Morgan fingerprint density at radius 2 is 1.96 bits per heavy atom. The van der Waals surface area contributed by atoms with Crippen LogP contribution in [0.1, 0.15) is 41.2 Å². The van der Waals surface area contributed by atoms with E-state index in [2.05, 4.69) is 16.0 Å². The van der Waals surface area contributed by atoms with Crippen LogP contribution in [0.2, 0.25) is 0 Å². The largest absolute Gasteiger partial charge is 0.300 e. The van der Waals surface area contributed by atoms with Crippen LogP contribution in [0.15, 0.2) is 48.8 Å². The fraction of sp³-hybridized carbons (Fsp3) is 0.316. The van der Waals surface area contributed by atoms with Gasteiger partial charge in [-0.3, -0.25) is 24.4 Å². The molecule has 4 rings (SSSR count). The van der Waals surface area contributed by atoms with Crippen molar-refractivity contribution in [3.63, 3.8) is 0 Å². The van der Waals surface area contributed by atoms with Gasteiger partial charge in [-0.05, 0) is 36.6 Å². The first-order valence-corrected chi connectivity index (χ1v) is 8.35. The van der Waals surface area contributed by atoms with E-state index in [-0.39, 0.29) is 6.04 Å². The number of anilines is 1. The molecule has 5 nitrogen and oxygen atoms in total. The summed E-state index contributed by atoms with van der Waals surface area (Å²) in [5.74, 6) is -0.827. The summed E-state index contributed by atoms with van der Waals surface area (Å²) in [4.78, 5) is 32.7. The van der Waals surface area contributed by atoms with Gasteiger partial charge < -0.3 is 0 Å². The average molecular weight is 321 g/mol. The van der Waals surface area contributed by atoms with E-state index >= 15 is 0 Å². The zero-order valence-corrected chi connectivity index (χ0v) is 13.4. The number of carbonyl (C=O) groups excluding carboxylic acids is 2. The molecule has 0 unspecified atom stereocenters. The third-order valence-corrected chi connectivity index (χ3v) is 4.88. The Hall–Kier alpha value is -2.53. The van der Waals surface area contributed by atoms with Crippen LogP contribution in [0.25, 0.3) is 0 Å². The number of pyridine rings is 1. The quantitative estimate of drug-likeness (QED) is 0.816. The monoisotopic (exact) mass is 321 g/mol. The van der Waals surface area contributed by atoms with Crippen LogP contribution in [-0.4, -0.2) is 34.8 Å². The van der Waals surface area contributed by atoms with Gasteiger partial charge in [0.25, 0.3) is 5.78 Å². The Morgan fingerprint density at radius 1 is 1.08 bits per heavy atom. The Balaban J connectivity index is 1.62. The number of ketones is 1. The lowest BCUT2D eigenvalue weighted by Gasteiger charge is -2.38. The number of rotatable bonds is 3. The summed E-state index contributed by atoms with van der Waals surface area (Å²) >= 11 is 0. The summed E-state index contributed by atoms with van der Waals surface area (Å²) < 4.78 is 0. The van der Waals surface area contributed by atoms with E-state index in [0.717, 1.165) is 25.1 Å². The minimum absolute atomic E-state index is 0.239. The maximum Gasteiger partial charge on any atom is 0.300 e. The normalized spacial score (nSPS) is 21.2. The molecule has 0 N–H and O–H groups in total. The fourth-order valence-electron chi connectivity index (χ4n) is 3.68. The highest BCUT2D eigenvalue weighted by Gasteiger charge is 2.37. The molecule has 0 aliphatic carbocycles. The van der Waals surface area contributed by atoms with Crippen molar-refractivity contribution >= 4 is 17.4 Å². The third kappa shape index (κ3) is 2.51. The van der Waals surface area contributed by atoms with Crippen molar-refractivity contribution in [3.05, 3.63) is 59.9 Å². The van der Waals surface area contributed by atoms with E-state index in [1.807, 2.05) is 24.4 Å². The zero-order chi connectivity index (χ0) is 16.5. The van der Waals surface area contributed by atoms with Crippen LogP contribution in [0.3, 0.4) is 0 Å². The number of aromatic nitrogens is 1. The smallest absolute Gasteiger partial charge is 0.291 e. The summed E-state index contributed by atoms with van der Waals surface area (Å²) in [6, 6.07) is 11.5. The molecule has 3 heterocycles. The molecule has 1 amide bonds. The molecule has 2 aromatic rings. The number of hydrogen-bond acceptors (Lipinski definition) is 4. The Morgan fingerprint density at radius 3 is 2.79 bits per heavy atom. The molecular formula is C19H19N3O2. The minimum atomic E-state index is -0.424. The molecule has 1 atom stereocenters. The molecule has 1 fully saturated rings. The summed E-state index contributed by atoms with van der Waals surface area (Å²) in [7, 11) is 0. The molecule has 0 radical (unpaired) electrons. The predicted octanol–water partition coefficient (Wildman–Crippen LogP) is 2.80. The first-order chi connectivity index (χ1) is 11.8. The summed E-state index contributed by atoms with van der Waals surface area (Å²) in [6.45, 7) is 1.36.